The van der Waals surface area contributed by atoms with Gasteiger partial charge in [-0.1, -0.05) is 0 Å². The second-order valence-corrected chi connectivity index (χ2v) is 11.1. The second-order valence-electron chi connectivity index (χ2n) is 8.97. The van der Waals surface area contributed by atoms with Crippen LogP contribution in [-0.4, -0.2) is 60.4 Å². The largest absolute Gasteiger partial charge is 0.471 e. The molecular weight excluding hydrogens is 583 g/mol. The Bertz CT molecular complexity index is 1480. The van der Waals surface area contributed by atoms with E-state index in [1.54, 1.807) is 0 Å². The van der Waals surface area contributed by atoms with Gasteiger partial charge < -0.3 is 25.6 Å². The predicted octanol–water partition coefficient (Wildman–Crippen LogP) is 3.22. The maximum absolute atomic E-state index is 14.5. The number of hydrogen-bond acceptors (Lipinski definition) is 10. The van der Waals surface area contributed by atoms with Crippen molar-refractivity contribution >= 4 is 37.0 Å². The first kappa shape index (κ1) is 30.6. The minimum Gasteiger partial charge on any atom is -0.395 e. The van der Waals surface area contributed by atoms with E-state index in [1.165, 1.54) is 24.0 Å². The molecule has 3 aromatic heterocycles. The third-order valence-electron chi connectivity index (χ3n) is 6.04. The number of nitrogens with one attached hydrogen (secondary N) is 1. The monoisotopic (exact) mass is 611 g/mol. The molecule has 3 heterocycles. The number of nitrogens with zero attached hydrogens (tertiary/aromatic N) is 5. The van der Waals surface area contributed by atoms with Crippen molar-refractivity contribution in [2.45, 2.75) is 51.5 Å². The first-order chi connectivity index (χ1) is 19.5. The van der Waals surface area contributed by atoms with E-state index in [9.17, 15) is 18.1 Å². The zero-order chi connectivity index (χ0) is 29.6. The van der Waals surface area contributed by atoms with Crippen molar-refractivity contribution in [3.8, 4) is 10.6 Å². The zero-order valence-corrected chi connectivity index (χ0v) is 23.5. The van der Waals surface area contributed by atoms with E-state index in [0.717, 1.165) is 53.8 Å². The third kappa shape index (κ3) is 8.55. The second kappa shape index (κ2) is 13.5. The molecule has 1 saturated carbocycles. The van der Waals surface area contributed by atoms with Gasteiger partial charge in [0.25, 0.3) is 5.91 Å². The third-order valence-corrected chi connectivity index (χ3v) is 7.38. The lowest BCUT2D eigenvalue weighted by molar-refractivity contribution is 0.0335. The van der Waals surface area contributed by atoms with Crippen molar-refractivity contribution in [3.63, 3.8) is 0 Å². The van der Waals surface area contributed by atoms with E-state index in [4.69, 9.17) is 20.3 Å². The first-order valence-electron chi connectivity index (χ1n) is 12.5. The van der Waals surface area contributed by atoms with E-state index in [2.05, 4.69) is 29.9 Å². The van der Waals surface area contributed by atoms with Crippen LogP contribution < -0.4 is 11.1 Å². The van der Waals surface area contributed by atoms with Crippen LogP contribution in [-0.2, 0) is 20.6 Å². The molecule has 3 aromatic rings. The maximum atomic E-state index is 14.5. The summed E-state index contributed by atoms with van der Waals surface area (Å²) >= 11 is 1.11. The lowest BCUT2D eigenvalue weighted by Gasteiger charge is -2.26. The van der Waals surface area contributed by atoms with E-state index in [1.807, 2.05) is 6.92 Å². The van der Waals surface area contributed by atoms with Crippen molar-refractivity contribution in [3.05, 3.63) is 58.8 Å². The van der Waals surface area contributed by atoms with Gasteiger partial charge in [0.1, 0.15) is 16.4 Å². The molecule has 0 aliphatic heterocycles. The summed E-state index contributed by atoms with van der Waals surface area (Å²) < 4.78 is 50.4. The van der Waals surface area contributed by atoms with Gasteiger partial charge in [-0.2, -0.15) is 9.49 Å². The van der Waals surface area contributed by atoms with Crippen molar-refractivity contribution in [1.82, 2.24) is 25.1 Å². The number of hydrogen-bond donors (Lipinski definition) is 4. The predicted molar refractivity (Wildman–Crippen MR) is 145 cm³/mol. The molecule has 13 nitrogen and oxygen atoms in total. The molecule has 0 radical (unpaired) electrons. The maximum Gasteiger partial charge on any atom is 0.471 e. The number of aromatic nitrogens is 4. The molecule has 0 atom stereocenters. The Morgan fingerprint density at radius 3 is 2.76 bits per heavy atom. The SMILES string of the molecule is CCOC1CCC(N=CC(NC(=O)c2csc(-c3cnn(COP(=O)(O)O)c3)n2)=C(N)c2nc(F)ccc2F)CC1. The molecule has 41 heavy (non-hydrogen) atoms. The highest BCUT2D eigenvalue weighted by molar-refractivity contribution is 7.46. The molecule has 0 aromatic carbocycles. The summed E-state index contributed by atoms with van der Waals surface area (Å²) in [6, 6.07) is 1.66. The van der Waals surface area contributed by atoms with E-state index in [-0.39, 0.29) is 29.2 Å². The average Bonchev–Trinajstić information content (AvgIpc) is 3.61. The number of ether oxygens (including phenoxy) is 1. The van der Waals surface area contributed by atoms with Crippen LogP contribution in [0.3, 0.4) is 0 Å². The molecule has 1 aliphatic carbocycles. The molecule has 0 spiro atoms. The number of carbonyl (C=O) groups is 1. The summed E-state index contributed by atoms with van der Waals surface area (Å²) in [6.45, 7) is 2.08. The van der Waals surface area contributed by atoms with Gasteiger partial charge in [0, 0.05) is 30.0 Å². The lowest BCUT2D eigenvalue weighted by atomic mass is 9.93. The Labute approximate surface area is 237 Å². The number of thiazole rings is 1. The smallest absolute Gasteiger partial charge is 0.395 e. The van der Waals surface area contributed by atoms with Crippen LogP contribution in [0.1, 0.15) is 48.8 Å². The summed E-state index contributed by atoms with van der Waals surface area (Å²) in [5.41, 5.74) is 5.75. The van der Waals surface area contributed by atoms with Crippen LogP contribution in [0.25, 0.3) is 16.3 Å². The van der Waals surface area contributed by atoms with Crippen LogP contribution in [0, 0.1) is 11.8 Å². The fourth-order valence-electron chi connectivity index (χ4n) is 4.06. The molecule has 220 valence electrons. The van der Waals surface area contributed by atoms with Gasteiger partial charge in [-0.25, -0.2) is 23.6 Å². The zero-order valence-electron chi connectivity index (χ0n) is 21.8. The van der Waals surface area contributed by atoms with Crippen LogP contribution in [0.15, 0.2) is 40.6 Å². The number of nitrogens with two attached hydrogens (primary N) is 1. The summed E-state index contributed by atoms with van der Waals surface area (Å²) in [6.07, 6.45) is 7.45. The molecule has 4 rings (SSSR count). The fourth-order valence-corrected chi connectivity index (χ4v) is 5.10. The van der Waals surface area contributed by atoms with Crippen molar-refractivity contribution in [2.24, 2.45) is 10.7 Å². The van der Waals surface area contributed by atoms with Gasteiger partial charge in [-0.15, -0.1) is 11.3 Å². The topological polar surface area (TPSA) is 187 Å². The molecule has 1 fully saturated rings. The number of phosphoric ester groups is 1. The molecule has 1 aliphatic rings. The molecule has 5 N–H and O–H groups in total. The minimum absolute atomic E-state index is 0.00665. The Balaban J connectivity index is 1.53. The highest BCUT2D eigenvalue weighted by Gasteiger charge is 2.22. The quantitative estimate of drug-likeness (QED) is 0.142. The number of allylic oxidation sites excluding steroid dienone is 1. The summed E-state index contributed by atoms with van der Waals surface area (Å²) in [4.78, 5) is 43.2. The average molecular weight is 612 g/mol. The standard InChI is InChI=1S/C24H28F2N7O6PS/c1-2-38-16-5-3-15(4-6-16)28-10-18(21(27)22-17(25)7-8-20(26)32-22)30-23(34)19-12-41-24(31-19)14-9-29-33(11-14)13-39-40(35,36)37/h7-12,15-16H,2-6,13,27H2,1H3,(H,30,34)(H2,35,36,37). The Kier molecular flexibility index (Phi) is 10.1. The van der Waals surface area contributed by atoms with Crippen molar-refractivity contribution < 1.29 is 37.2 Å². The summed E-state index contributed by atoms with van der Waals surface area (Å²) in [7, 11) is -4.68. The van der Waals surface area contributed by atoms with Gasteiger partial charge in [-0.05, 0) is 44.7 Å². The van der Waals surface area contributed by atoms with Gasteiger partial charge >= 0.3 is 7.82 Å². The van der Waals surface area contributed by atoms with E-state index < -0.39 is 37.9 Å². The molecule has 0 saturated heterocycles. The van der Waals surface area contributed by atoms with Gasteiger partial charge in [0.05, 0.1) is 29.7 Å². The van der Waals surface area contributed by atoms with Crippen LogP contribution >= 0.6 is 19.2 Å². The highest BCUT2D eigenvalue weighted by atomic mass is 32.1. The van der Waals surface area contributed by atoms with Gasteiger partial charge in [0.2, 0.25) is 5.95 Å². The number of pyridine rings is 1. The number of halogens is 2. The first-order valence-corrected chi connectivity index (χ1v) is 14.9. The minimum atomic E-state index is -4.68. The Hall–Kier alpha value is -3.40. The van der Waals surface area contributed by atoms with Crippen LogP contribution in [0.5, 0.6) is 0 Å². The van der Waals surface area contributed by atoms with E-state index >= 15 is 0 Å². The molecular formula is C24H28F2N7O6PS. The summed E-state index contributed by atoms with van der Waals surface area (Å²) in [5, 5.41) is 8.38. The summed E-state index contributed by atoms with van der Waals surface area (Å²) in [5.74, 6) is -2.51. The Morgan fingerprint density at radius 1 is 1.29 bits per heavy atom. The number of carbonyl (C=O) groups excluding carboxylic acids is 1. The van der Waals surface area contributed by atoms with Crippen LogP contribution in [0.2, 0.25) is 0 Å². The molecule has 1 amide bonds. The number of amides is 1. The normalized spacial score (nSPS) is 18.5. The lowest BCUT2D eigenvalue weighted by Crippen LogP contribution is -2.28. The van der Waals surface area contributed by atoms with Crippen LogP contribution in [0.4, 0.5) is 8.78 Å². The highest BCUT2D eigenvalue weighted by Crippen LogP contribution is 2.36. The van der Waals surface area contributed by atoms with Crippen molar-refractivity contribution in [2.75, 3.05) is 6.61 Å². The number of aliphatic imine (C=N–C) groups is 1. The molecule has 0 bridgehead atoms. The molecule has 17 heteroatoms. The Morgan fingerprint density at radius 2 is 2.05 bits per heavy atom. The van der Waals surface area contributed by atoms with Crippen molar-refractivity contribution in [1.29, 1.82) is 0 Å². The number of rotatable bonds is 11. The van der Waals surface area contributed by atoms with E-state index in [0.29, 0.717) is 17.2 Å². The van der Waals surface area contributed by atoms with Gasteiger partial charge in [0.15, 0.2) is 12.5 Å². The molecule has 0 unspecified atom stereocenters. The number of phosphoric acid groups is 1. The fraction of sp³-hybridized carbons (Fsp3) is 0.375. The van der Waals surface area contributed by atoms with Gasteiger partial charge in [-0.3, -0.25) is 14.3 Å².